The Morgan fingerprint density at radius 1 is 1.40 bits per heavy atom. The van der Waals surface area contributed by atoms with Crippen molar-refractivity contribution in [1.29, 1.82) is 0 Å². The maximum absolute atomic E-state index is 8.48. The minimum absolute atomic E-state index is 0.694. The molecule has 0 spiro atoms. The van der Waals surface area contributed by atoms with Crippen molar-refractivity contribution in [3.05, 3.63) is 0 Å². The molecule has 1 aliphatic rings. The van der Waals surface area contributed by atoms with E-state index in [1.165, 1.54) is 6.42 Å². The van der Waals surface area contributed by atoms with Crippen LogP contribution in [0.4, 0.5) is 0 Å². The number of hydrogen-bond donors (Lipinski definition) is 1. The average Bonchev–Trinajstić information content (AvgIpc) is 1.95. The molecule has 1 fully saturated rings. The highest BCUT2D eigenvalue weighted by molar-refractivity contribution is 5.84. The van der Waals surface area contributed by atoms with Crippen molar-refractivity contribution in [2.24, 2.45) is 17.0 Å². The van der Waals surface area contributed by atoms with Crippen LogP contribution in [0, 0.1) is 11.8 Å². The van der Waals surface area contributed by atoms with Crippen LogP contribution >= 0.6 is 0 Å². The Kier molecular flexibility index (Phi) is 2.30. The van der Waals surface area contributed by atoms with Gasteiger partial charge in [-0.3, -0.25) is 0 Å². The van der Waals surface area contributed by atoms with E-state index in [-0.39, 0.29) is 0 Å². The summed E-state index contributed by atoms with van der Waals surface area (Å²) >= 11 is 0. The third-order valence-electron chi connectivity index (χ3n) is 2.56. The van der Waals surface area contributed by atoms with E-state index in [2.05, 4.69) is 19.0 Å². The molecule has 2 unspecified atom stereocenters. The summed E-state index contributed by atoms with van der Waals surface area (Å²) in [5.41, 5.74) is 0.977. The Labute approximate surface area is 61.9 Å². The molecule has 1 saturated carbocycles. The zero-order valence-corrected chi connectivity index (χ0v) is 6.67. The van der Waals surface area contributed by atoms with Crippen LogP contribution in [0.25, 0.3) is 0 Å². The lowest BCUT2D eigenvalue weighted by Crippen LogP contribution is -2.20. The van der Waals surface area contributed by atoms with Gasteiger partial charge in [-0.1, -0.05) is 19.0 Å². The minimum Gasteiger partial charge on any atom is -0.411 e. The second-order valence-electron chi connectivity index (χ2n) is 3.36. The maximum atomic E-state index is 8.48. The first-order valence-corrected chi connectivity index (χ1v) is 3.94. The van der Waals surface area contributed by atoms with Crippen LogP contribution in [-0.4, -0.2) is 10.9 Å². The first kappa shape index (κ1) is 7.58. The van der Waals surface area contributed by atoms with Crippen LogP contribution in [-0.2, 0) is 0 Å². The Balaban J connectivity index is 2.48. The molecule has 0 aromatic heterocycles. The monoisotopic (exact) mass is 141 g/mol. The molecular weight excluding hydrogens is 126 g/mol. The predicted molar refractivity (Wildman–Crippen MR) is 41.4 cm³/mol. The quantitative estimate of drug-likeness (QED) is 0.407. The fourth-order valence-corrected chi connectivity index (χ4v) is 1.44. The van der Waals surface area contributed by atoms with Gasteiger partial charge >= 0.3 is 0 Å². The highest BCUT2D eigenvalue weighted by Crippen LogP contribution is 2.27. The van der Waals surface area contributed by atoms with Crippen LogP contribution in [0.1, 0.15) is 33.1 Å². The number of hydrogen-bond acceptors (Lipinski definition) is 2. The largest absolute Gasteiger partial charge is 0.411 e. The van der Waals surface area contributed by atoms with E-state index in [4.69, 9.17) is 5.21 Å². The molecule has 2 atom stereocenters. The summed E-state index contributed by atoms with van der Waals surface area (Å²) in [6.45, 7) is 4.48. The third-order valence-corrected chi connectivity index (χ3v) is 2.56. The lowest BCUT2D eigenvalue weighted by atomic mass is 9.81. The standard InChI is InChI=1S/C8H15NO/c1-6-3-4-8(9-10)5-7(6)2/h6-7,10H,3-5H2,1-2H3/b9-8-. The molecule has 0 bridgehead atoms. The highest BCUT2D eigenvalue weighted by atomic mass is 16.4. The van der Waals surface area contributed by atoms with E-state index in [0.717, 1.165) is 24.5 Å². The van der Waals surface area contributed by atoms with Crippen molar-refractivity contribution >= 4 is 5.71 Å². The summed E-state index contributed by atoms with van der Waals surface area (Å²) < 4.78 is 0. The molecule has 0 aromatic rings. The number of oxime groups is 1. The molecule has 58 valence electrons. The molecule has 0 heterocycles. The van der Waals surface area contributed by atoms with Crippen molar-refractivity contribution < 1.29 is 5.21 Å². The lowest BCUT2D eigenvalue weighted by molar-refractivity contribution is 0.298. The van der Waals surface area contributed by atoms with E-state index in [1.54, 1.807) is 0 Å². The predicted octanol–water partition coefficient (Wildman–Crippen LogP) is 2.27. The van der Waals surface area contributed by atoms with Gasteiger partial charge in [-0.05, 0) is 31.1 Å². The molecular formula is C8H15NO. The van der Waals surface area contributed by atoms with Gasteiger partial charge in [-0.15, -0.1) is 0 Å². The van der Waals surface area contributed by atoms with E-state index >= 15 is 0 Å². The summed E-state index contributed by atoms with van der Waals surface area (Å²) in [5.74, 6) is 1.49. The SMILES string of the molecule is CC1CC/C(=N/O)CC1C. The van der Waals surface area contributed by atoms with Crippen molar-refractivity contribution in [3.8, 4) is 0 Å². The van der Waals surface area contributed by atoms with Crippen molar-refractivity contribution in [3.63, 3.8) is 0 Å². The molecule has 1 aliphatic carbocycles. The number of rotatable bonds is 0. The highest BCUT2D eigenvalue weighted by Gasteiger charge is 2.20. The molecule has 10 heavy (non-hydrogen) atoms. The van der Waals surface area contributed by atoms with Crippen molar-refractivity contribution in [1.82, 2.24) is 0 Å². The smallest absolute Gasteiger partial charge is 0.0573 e. The molecule has 0 amide bonds. The number of nitrogens with zero attached hydrogens (tertiary/aromatic N) is 1. The minimum atomic E-state index is 0.694. The third kappa shape index (κ3) is 1.49. The fraction of sp³-hybridized carbons (Fsp3) is 0.875. The maximum Gasteiger partial charge on any atom is 0.0573 e. The normalized spacial score (nSPS) is 38.4. The van der Waals surface area contributed by atoms with Gasteiger partial charge in [0.15, 0.2) is 0 Å². The van der Waals surface area contributed by atoms with Gasteiger partial charge in [0.2, 0.25) is 0 Å². The first-order valence-electron chi connectivity index (χ1n) is 3.94. The first-order chi connectivity index (χ1) is 4.74. The molecule has 0 aliphatic heterocycles. The van der Waals surface area contributed by atoms with Crippen LogP contribution < -0.4 is 0 Å². The molecule has 0 aromatic carbocycles. The van der Waals surface area contributed by atoms with Crippen LogP contribution in [0.5, 0.6) is 0 Å². The average molecular weight is 141 g/mol. The molecule has 0 saturated heterocycles. The van der Waals surface area contributed by atoms with Crippen molar-refractivity contribution in [2.75, 3.05) is 0 Å². The summed E-state index contributed by atoms with van der Waals surface area (Å²) in [4.78, 5) is 0. The molecule has 1 N–H and O–H groups in total. The molecule has 2 heteroatoms. The second-order valence-corrected chi connectivity index (χ2v) is 3.36. The molecule has 1 rings (SSSR count). The van der Waals surface area contributed by atoms with Gasteiger partial charge in [-0.2, -0.15) is 0 Å². The zero-order chi connectivity index (χ0) is 7.56. The van der Waals surface area contributed by atoms with Crippen molar-refractivity contribution in [2.45, 2.75) is 33.1 Å². The summed E-state index contributed by atoms with van der Waals surface area (Å²) in [6, 6.07) is 0. The van der Waals surface area contributed by atoms with Gasteiger partial charge in [0, 0.05) is 0 Å². The topological polar surface area (TPSA) is 32.6 Å². The van der Waals surface area contributed by atoms with E-state index in [0.29, 0.717) is 5.92 Å². The van der Waals surface area contributed by atoms with Gasteiger partial charge in [0.05, 0.1) is 5.71 Å². The fourth-order valence-electron chi connectivity index (χ4n) is 1.44. The van der Waals surface area contributed by atoms with Gasteiger partial charge < -0.3 is 5.21 Å². The Morgan fingerprint density at radius 3 is 2.60 bits per heavy atom. The summed E-state index contributed by atoms with van der Waals surface area (Å²) in [6.07, 6.45) is 3.15. The van der Waals surface area contributed by atoms with E-state index < -0.39 is 0 Å². The molecule has 0 radical (unpaired) electrons. The summed E-state index contributed by atoms with van der Waals surface area (Å²) in [5, 5.41) is 11.7. The Morgan fingerprint density at radius 2 is 2.10 bits per heavy atom. The van der Waals surface area contributed by atoms with E-state index in [9.17, 15) is 0 Å². The van der Waals surface area contributed by atoms with E-state index in [1.807, 2.05) is 0 Å². The summed E-state index contributed by atoms with van der Waals surface area (Å²) in [7, 11) is 0. The Bertz CT molecular complexity index is 142. The molecule has 2 nitrogen and oxygen atoms in total. The Hall–Kier alpha value is -0.530. The second kappa shape index (κ2) is 3.04. The van der Waals surface area contributed by atoms with Gasteiger partial charge in [-0.25, -0.2) is 0 Å². The van der Waals surface area contributed by atoms with Gasteiger partial charge in [0.25, 0.3) is 0 Å². The zero-order valence-electron chi connectivity index (χ0n) is 6.67. The lowest BCUT2D eigenvalue weighted by Gasteiger charge is -2.25. The van der Waals surface area contributed by atoms with Crippen LogP contribution in [0.2, 0.25) is 0 Å². The van der Waals surface area contributed by atoms with Gasteiger partial charge in [0.1, 0.15) is 0 Å². The van der Waals surface area contributed by atoms with Crippen LogP contribution in [0.15, 0.2) is 5.16 Å². The van der Waals surface area contributed by atoms with Crippen LogP contribution in [0.3, 0.4) is 0 Å².